The van der Waals surface area contributed by atoms with Gasteiger partial charge in [-0.2, -0.15) is 5.26 Å². The molecule has 1 unspecified atom stereocenters. The van der Waals surface area contributed by atoms with Crippen molar-refractivity contribution >= 4 is 51.8 Å². The predicted octanol–water partition coefficient (Wildman–Crippen LogP) is 6.22. The summed E-state index contributed by atoms with van der Waals surface area (Å²) < 4.78 is 23.4. The molecule has 2 aromatic carbocycles. The second-order valence-corrected chi connectivity index (χ2v) is 9.41. The number of hydrogen-bond donors (Lipinski definition) is 1. The van der Waals surface area contributed by atoms with Crippen LogP contribution in [-0.2, 0) is 20.9 Å². The highest BCUT2D eigenvalue weighted by Gasteiger charge is 2.37. The van der Waals surface area contributed by atoms with Gasteiger partial charge in [0, 0.05) is 15.6 Å². The molecule has 0 aromatic heterocycles. The van der Waals surface area contributed by atoms with Crippen LogP contribution in [0.15, 0.2) is 53.1 Å². The smallest absolute Gasteiger partial charge is 0.338 e. The van der Waals surface area contributed by atoms with E-state index in [0.29, 0.717) is 37.3 Å². The number of carbonyl (C=O) groups excluding carboxylic acids is 1. The molecule has 35 heavy (non-hydrogen) atoms. The zero-order valence-electron chi connectivity index (χ0n) is 19.3. The summed E-state index contributed by atoms with van der Waals surface area (Å²) in [6.45, 7) is 5.89. The molecule has 1 aliphatic heterocycles. The van der Waals surface area contributed by atoms with Gasteiger partial charge in [-0.05, 0) is 73.2 Å². The Hall–Kier alpha value is -2.61. The van der Waals surface area contributed by atoms with Gasteiger partial charge in [0.15, 0.2) is 11.5 Å². The molecule has 1 aliphatic rings. The Kier molecular flexibility index (Phi) is 9.16. The van der Waals surface area contributed by atoms with Gasteiger partial charge < -0.3 is 24.7 Å². The fourth-order valence-electron chi connectivity index (χ4n) is 3.63. The van der Waals surface area contributed by atoms with Crippen LogP contribution in [-0.4, -0.2) is 19.2 Å². The quantitative estimate of drug-likeness (QED) is 0.273. The molecule has 10 heteroatoms. The Morgan fingerprint density at radius 1 is 1.20 bits per heavy atom. The van der Waals surface area contributed by atoms with Crippen molar-refractivity contribution in [3.8, 4) is 17.6 Å². The van der Waals surface area contributed by atoms with E-state index in [2.05, 4.69) is 28.7 Å². The maximum atomic E-state index is 12.8. The summed E-state index contributed by atoms with van der Waals surface area (Å²) in [5.41, 5.74) is 7.70. The SMILES string of the molecule is CCOC(=O)C1=C(C)OC(N)=C(C#N)C1c1cc(I)c(OCc2ccc(Cl)cc2Cl)c(OCC)c1. The number of nitriles is 1. The van der Waals surface area contributed by atoms with Crippen LogP contribution in [0.5, 0.6) is 11.5 Å². The fourth-order valence-corrected chi connectivity index (χ4v) is 4.88. The number of esters is 1. The molecular weight excluding hydrogens is 606 g/mol. The summed E-state index contributed by atoms with van der Waals surface area (Å²) in [7, 11) is 0. The highest BCUT2D eigenvalue weighted by atomic mass is 127. The van der Waals surface area contributed by atoms with Crippen molar-refractivity contribution in [1.29, 1.82) is 5.26 Å². The van der Waals surface area contributed by atoms with Gasteiger partial charge in [0.05, 0.1) is 28.3 Å². The maximum absolute atomic E-state index is 12.8. The normalized spacial score (nSPS) is 15.4. The van der Waals surface area contributed by atoms with Crippen molar-refractivity contribution in [1.82, 2.24) is 0 Å². The highest BCUT2D eigenvalue weighted by molar-refractivity contribution is 14.1. The molecule has 2 N–H and O–H groups in total. The zero-order chi connectivity index (χ0) is 25.7. The second kappa shape index (κ2) is 11.9. The number of nitrogens with two attached hydrogens (primary N) is 1. The standard InChI is InChI=1S/C25H23Cl2IN2O5/c1-4-32-20-9-15(8-19(28)23(20)34-12-14-6-7-16(26)10-18(14)27)22-17(11-29)24(30)35-13(3)21(22)25(31)33-5-2/h6-10,22H,4-5,12,30H2,1-3H3. The lowest BCUT2D eigenvalue weighted by Gasteiger charge is -2.27. The Bertz CT molecular complexity index is 1250. The average molecular weight is 629 g/mol. The first-order chi connectivity index (χ1) is 16.7. The van der Waals surface area contributed by atoms with Gasteiger partial charge in [-0.3, -0.25) is 0 Å². The van der Waals surface area contributed by atoms with Gasteiger partial charge in [-0.1, -0.05) is 29.3 Å². The lowest BCUT2D eigenvalue weighted by Crippen LogP contribution is -2.25. The molecule has 0 amide bonds. The third-order valence-corrected chi connectivity index (χ3v) is 6.54. The number of hydrogen-bond acceptors (Lipinski definition) is 7. The van der Waals surface area contributed by atoms with E-state index >= 15 is 0 Å². The second-order valence-electron chi connectivity index (χ2n) is 7.40. The van der Waals surface area contributed by atoms with E-state index < -0.39 is 11.9 Å². The van der Waals surface area contributed by atoms with Crippen molar-refractivity contribution in [2.75, 3.05) is 13.2 Å². The van der Waals surface area contributed by atoms with Crippen LogP contribution in [0.1, 0.15) is 37.8 Å². The van der Waals surface area contributed by atoms with E-state index in [-0.39, 0.29) is 36.0 Å². The first-order valence-electron chi connectivity index (χ1n) is 10.7. The molecule has 0 saturated carbocycles. The largest absolute Gasteiger partial charge is 0.490 e. The third-order valence-electron chi connectivity index (χ3n) is 5.15. The molecule has 7 nitrogen and oxygen atoms in total. The molecule has 184 valence electrons. The topological polar surface area (TPSA) is 104 Å². The van der Waals surface area contributed by atoms with E-state index in [9.17, 15) is 10.1 Å². The minimum absolute atomic E-state index is 0.0614. The fraction of sp³-hybridized carbons (Fsp3) is 0.280. The predicted molar refractivity (Wildman–Crippen MR) is 141 cm³/mol. The van der Waals surface area contributed by atoms with Crippen molar-refractivity contribution < 1.29 is 23.7 Å². The zero-order valence-corrected chi connectivity index (χ0v) is 23.0. The summed E-state index contributed by atoms with van der Waals surface area (Å²) >= 11 is 14.4. The van der Waals surface area contributed by atoms with Gasteiger partial charge in [0.2, 0.25) is 5.88 Å². The number of halogens is 3. The Morgan fingerprint density at radius 2 is 1.94 bits per heavy atom. The van der Waals surface area contributed by atoms with Gasteiger partial charge in [-0.25, -0.2) is 4.79 Å². The van der Waals surface area contributed by atoms with Gasteiger partial charge in [0.1, 0.15) is 24.0 Å². The van der Waals surface area contributed by atoms with E-state index in [1.54, 1.807) is 38.1 Å². The molecule has 0 saturated heterocycles. The van der Waals surface area contributed by atoms with E-state index in [0.717, 1.165) is 5.56 Å². The summed E-state index contributed by atoms with van der Waals surface area (Å²) in [6.07, 6.45) is 0. The van der Waals surface area contributed by atoms with Crippen molar-refractivity contribution in [2.45, 2.75) is 33.3 Å². The minimum Gasteiger partial charge on any atom is -0.490 e. The maximum Gasteiger partial charge on any atom is 0.338 e. The minimum atomic E-state index is -0.791. The average Bonchev–Trinajstić information content (AvgIpc) is 2.79. The molecule has 2 aromatic rings. The van der Waals surface area contributed by atoms with E-state index in [1.807, 2.05) is 13.0 Å². The van der Waals surface area contributed by atoms with E-state index in [1.165, 1.54) is 0 Å². The number of benzene rings is 2. The Morgan fingerprint density at radius 3 is 2.57 bits per heavy atom. The number of ether oxygens (including phenoxy) is 4. The monoisotopic (exact) mass is 628 g/mol. The van der Waals surface area contributed by atoms with Crippen molar-refractivity contribution in [2.24, 2.45) is 5.73 Å². The van der Waals surface area contributed by atoms with Crippen LogP contribution < -0.4 is 15.2 Å². The van der Waals surface area contributed by atoms with Gasteiger partial charge >= 0.3 is 5.97 Å². The van der Waals surface area contributed by atoms with Crippen LogP contribution in [0, 0.1) is 14.9 Å². The molecule has 1 atom stereocenters. The van der Waals surface area contributed by atoms with Crippen LogP contribution in [0.3, 0.4) is 0 Å². The molecule has 0 aliphatic carbocycles. The van der Waals surface area contributed by atoms with Crippen LogP contribution in [0.4, 0.5) is 0 Å². The lowest BCUT2D eigenvalue weighted by molar-refractivity contribution is -0.139. The Labute approximate surface area is 227 Å². The van der Waals surface area contributed by atoms with Gasteiger partial charge in [0.25, 0.3) is 0 Å². The van der Waals surface area contributed by atoms with Crippen molar-refractivity contribution in [3.63, 3.8) is 0 Å². The molecule has 0 spiro atoms. The number of nitrogens with zero attached hydrogens (tertiary/aromatic N) is 1. The van der Waals surface area contributed by atoms with Crippen molar-refractivity contribution in [3.05, 3.63) is 77.9 Å². The lowest BCUT2D eigenvalue weighted by atomic mass is 9.83. The van der Waals surface area contributed by atoms with Crippen LogP contribution in [0.25, 0.3) is 0 Å². The molecular formula is C25H23Cl2IN2O5. The van der Waals surface area contributed by atoms with E-state index in [4.69, 9.17) is 47.9 Å². The molecule has 0 radical (unpaired) electrons. The van der Waals surface area contributed by atoms with Crippen LogP contribution in [0.2, 0.25) is 10.0 Å². The number of allylic oxidation sites excluding steroid dienone is 2. The first kappa shape index (κ1) is 27.0. The Balaban J connectivity index is 2.07. The number of carbonyl (C=O) groups is 1. The van der Waals surface area contributed by atoms with Crippen LogP contribution >= 0.6 is 45.8 Å². The first-order valence-corrected chi connectivity index (χ1v) is 12.5. The summed E-state index contributed by atoms with van der Waals surface area (Å²) in [5, 5.41) is 10.9. The highest BCUT2D eigenvalue weighted by Crippen LogP contribution is 2.44. The van der Waals surface area contributed by atoms with Gasteiger partial charge in [-0.15, -0.1) is 0 Å². The summed E-state index contributed by atoms with van der Waals surface area (Å²) in [5.74, 6) is -0.212. The molecule has 0 bridgehead atoms. The summed E-state index contributed by atoms with van der Waals surface area (Å²) in [4.78, 5) is 12.8. The number of rotatable bonds is 8. The summed E-state index contributed by atoms with van der Waals surface area (Å²) in [6, 6.07) is 10.8. The molecule has 3 rings (SSSR count). The third kappa shape index (κ3) is 5.97. The molecule has 1 heterocycles. The molecule has 0 fully saturated rings.